The van der Waals surface area contributed by atoms with Crippen LogP contribution in [0.5, 0.6) is 23.0 Å². The van der Waals surface area contributed by atoms with Crippen molar-refractivity contribution in [2.45, 2.75) is 6.92 Å². The second-order valence-corrected chi connectivity index (χ2v) is 4.74. The summed E-state index contributed by atoms with van der Waals surface area (Å²) >= 11 is 0. The van der Waals surface area contributed by atoms with Crippen molar-refractivity contribution in [2.75, 3.05) is 26.9 Å². The van der Waals surface area contributed by atoms with Gasteiger partial charge in [-0.1, -0.05) is 12.1 Å². The molecule has 0 aliphatic heterocycles. The maximum Gasteiger partial charge on any atom is 0.339 e. The zero-order valence-corrected chi connectivity index (χ0v) is 13.7. The Morgan fingerprint density at radius 2 is 1.58 bits per heavy atom. The molecular formula is C18H20O6. The molecular weight excluding hydrogens is 312 g/mol. The molecule has 0 aliphatic carbocycles. The van der Waals surface area contributed by atoms with E-state index in [-0.39, 0.29) is 24.5 Å². The summed E-state index contributed by atoms with van der Waals surface area (Å²) in [6.45, 7) is 2.88. The first-order chi connectivity index (χ1) is 11.7. The lowest BCUT2D eigenvalue weighted by Gasteiger charge is -2.13. The number of rotatable bonds is 9. The van der Waals surface area contributed by atoms with E-state index >= 15 is 0 Å². The molecule has 0 saturated carbocycles. The second-order valence-electron chi connectivity index (χ2n) is 4.74. The van der Waals surface area contributed by atoms with Crippen LogP contribution in [-0.4, -0.2) is 38.0 Å². The molecule has 6 nitrogen and oxygen atoms in total. The minimum atomic E-state index is -1.06. The van der Waals surface area contributed by atoms with Crippen LogP contribution in [-0.2, 0) is 0 Å². The number of benzene rings is 2. The lowest BCUT2D eigenvalue weighted by molar-refractivity contribution is 0.0691. The highest BCUT2D eigenvalue weighted by Crippen LogP contribution is 2.27. The average molecular weight is 332 g/mol. The maximum atomic E-state index is 11.2. The fourth-order valence-electron chi connectivity index (χ4n) is 2.07. The fraction of sp³-hybridized carbons (Fsp3) is 0.278. The molecule has 0 heterocycles. The van der Waals surface area contributed by atoms with E-state index in [2.05, 4.69) is 0 Å². The molecule has 0 atom stereocenters. The van der Waals surface area contributed by atoms with Crippen molar-refractivity contribution >= 4 is 5.97 Å². The first-order valence-electron chi connectivity index (χ1n) is 7.54. The van der Waals surface area contributed by atoms with E-state index in [1.807, 2.05) is 25.1 Å². The number of methoxy groups -OCH3 is 1. The molecule has 2 rings (SSSR count). The van der Waals surface area contributed by atoms with E-state index in [9.17, 15) is 9.90 Å². The van der Waals surface area contributed by atoms with Crippen LogP contribution in [0, 0.1) is 0 Å². The Morgan fingerprint density at radius 3 is 2.17 bits per heavy atom. The van der Waals surface area contributed by atoms with Gasteiger partial charge in [-0.15, -0.1) is 0 Å². The topological polar surface area (TPSA) is 74.2 Å². The van der Waals surface area contributed by atoms with Crippen LogP contribution >= 0.6 is 0 Å². The predicted octanol–water partition coefficient (Wildman–Crippen LogP) is 3.25. The van der Waals surface area contributed by atoms with Crippen LogP contribution in [0.4, 0.5) is 0 Å². The van der Waals surface area contributed by atoms with E-state index in [0.29, 0.717) is 23.9 Å². The van der Waals surface area contributed by atoms with Crippen molar-refractivity contribution in [1.82, 2.24) is 0 Å². The van der Waals surface area contributed by atoms with Crippen LogP contribution in [0.3, 0.4) is 0 Å². The van der Waals surface area contributed by atoms with E-state index < -0.39 is 5.97 Å². The summed E-state index contributed by atoms with van der Waals surface area (Å²) in [6, 6.07) is 11.9. The van der Waals surface area contributed by atoms with E-state index in [0.717, 1.165) is 0 Å². The highest BCUT2D eigenvalue weighted by Gasteiger charge is 2.12. The number of aromatic carboxylic acids is 1. The molecule has 0 aromatic heterocycles. The lowest BCUT2D eigenvalue weighted by atomic mass is 10.2. The molecule has 24 heavy (non-hydrogen) atoms. The van der Waals surface area contributed by atoms with Crippen LogP contribution in [0.1, 0.15) is 17.3 Å². The van der Waals surface area contributed by atoms with Crippen LogP contribution in [0.25, 0.3) is 0 Å². The molecule has 2 aromatic rings. The predicted molar refractivity (Wildman–Crippen MR) is 88.6 cm³/mol. The van der Waals surface area contributed by atoms with Crippen molar-refractivity contribution in [3.8, 4) is 23.0 Å². The number of carboxylic acids is 1. The molecule has 1 N–H and O–H groups in total. The minimum Gasteiger partial charge on any atom is -0.497 e. The summed E-state index contributed by atoms with van der Waals surface area (Å²) in [7, 11) is 1.51. The third-order valence-electron chi connectivity index (χ3n) is 3.17. The summed E-state index contributed by atoms with van der Waals surface area (Å²) in [5, 5.41) is 9.19. The Hall–Kier alpha value is -2.89. The van der Waals surface area contributed by atoms with Gasteiger partial charge in [-0.05, 0) is 31.2 Å². The molecule has 128 valence electrons. The summed E-state index contributed by atoms with van der Waals surface area (Å²) in [5.74, 6) is 0.982. The monoisotopic (exact) mass is 332 g/mol. The Kier molecular flexibility index (Phi) is 6.31. The summed E-state index contributed by atoms with van der Waals surface area (Å²) in [4.78, 5) is 11.2. The van der Waals surface area contributed by atoms with Gasteiger partial charge in [0.05, 0.1) is 13.7 Å². The lowest BCUT2D eigenvalue weighted by Crippen LogP contribution is -2.12. The Labute approximate surface area is 140 Å². The van der Waals surface area contributed by atoms with Crippen molar-refractivity contribution in [1.29, 1.82) is 0 Å². The molecule has 0 saturated heterocycles. The molecule has 6 heteroatoms. The van der Waals surface area contributed by atoms with Gasteiger partial charge in [0.25, 0.3) is 0 Å². The smallest absolute Gasteiger partial charge is 0.339 e. The Balaban J connectivity index is 1.96. The molecule has 0 aliphatic rings. The molecule has 2 aromatic carbocycles. The number of para-hydroxylation sites is 2. The molecule has 0 radical (unpaired) electrons. The molecule has 0 bridgehead atoms. The molecule has 0 spiro atoms. The van der Waals surface area contributed by atoms with Crippen molar-refractivity contribution in [3.05, 3.63) is 48.0 Å². The molecule has 0 amide bonds. The van der Waals surface area contributed by atoms with E-state index in [1.165, 1.54) is 19.2 Å². The normalized spacial score (nSPS) is 10.1. The second kappa shape index (κ2) is 8.67. The quantitative estimate of drug-likeness (QED) is 0.711. The third kappa shape index (κ3) is 4.55. The zero-order valence-electron chi connectivity index (χ0n) is 13.7. The van der Waals surface area contributed by atoms with Crippen molar-refractivity contribution in [2.24, 2.45) is 0 Å². The summed E-state index contributed by atoms with van der Waals surface area (Å²) in [6.07, 6.45) is 0. The number of carboxylic acid groups (broad SMARTS) is 1. The first kappa shape index (κ1) is 17.5. The number of hydrogen-bond acceptors (Lipinski definition) is 5. The number of carbonyl (C=O) groups is 1. The first-order valence-corrected chi connectivity index (χ1v) is 7.54. The number of hydrogen-bond donors (Lipinski definition) is 1. The summed E-state index contributed by atoms with van der Waals surface area (Å²) in [5.41, 5.74) is 0.0746. The molecule has 0 unspecified atom stereocenters. The SMILES string of the molecule is CCOc1ccccc1OCCOc1cc(OC)ccc1C(=O)O. The van der Waals surface area contributed by atoms with Crippen LogP contribution in [0.2, 0.25) is 0 Å². The average Bonchev–Trinajstić information content (AvgIpc) is 2.60. The van der Waals surface area contributed by atoms with Gasteiger partial charge in [0, 0.05) is 6.07 Å². The van der Waals surface area contributed by atoms with Gasteiger partial charge in [0.2, 0.25) is 0 Å². The van der Waals surface area contributed by atoms with E-state index in [4.69, 9.17) is 18.9 Å². The Bertz CT molecular complexity index is 683. The largest absolute Gasteiger partial charge is 0.497 e. The van der Waals surface area contributed by atoms with Gasteiger partial charge < -0.3 is 24.1 Å². The van der Waals surface area contributed by atoms with E-state index in [1.54, 1.807) is 12.1 Å². The standard InChI is InChI=1S/C18H20O6/c1-3-22-15-6-4-5-7-16(15)23-10-11-24-17-12-13(21-2)8-9-14(17)18(19)20/h4-9,12H,3,10-11H2,1-2H3,(H,19,20). The van der Waals surface area contributed by atoms with Crippen LogP contribution < -0.4 is 18.9 Å². The molecule has 0 fully saturated rings. The Morgan fingerprint density at radius 1 is 0.958 bits per heavy atom. The highest BCUT2D eigenvalue weighted by atomic mass is 16.5. The number of ether oxygens (including phenoxy) is 4. The van der Waals surface area contributed by atoms with Gasteiger partial charge in [-0.25, -0.2) is 4.79 Å². The van der Waals surface area contributed by atoms with Gasteiger partial charge in [-0.2, -0.15) is 0 Å². The minimum absolute atomic E-state index is 0.0746. The van der Waals surface area contributed by atoms with Crippen LogP contribution in [0.15, 0.2) is 42.5 Å². The highest BCUT2D eigenvalue weighted by molar-refractivity contribution is 5.91. The summed E-state index contributed by atoms with van der Waals surface area (Å²) < 4.78 is 21.7. The van der Waals surface area contributed by atoms with Crippen molar-refractivity contribution < 1.29 is 28.8 Å². The van der Waals surface area contributed by atoms with Crippen molar-refractivity contribution in [3.63, 3.8) is 0 Å². The zero-order chi connectivity index (χ0) is 17.4. The van der Waals surface area contributed by atoms with Gasteiger partial charge in [0.15, 0.2) is 11.5 Å². The van der Waals surface area contributed by atoms with Gasteiger partial charge >= 0.3 is 5.97 Å². The fourth-order valence-corrected chi connectivity index (χ4v) is 2.07. The maximum absolute atomic E-state index is 11.2. The third-order valence-corrected chi connectivity index (χ3v) is 3.17. The van der Waals surface area contributed by atoms with Gasteiger partial charge in [0.1, 0.15) is 30.3 Å². The van der Waals surface area contributed by atoms with Gasteiger partial charge in [-0.3, -0.25) is 0 Å².